The van der Waals surface area contributed by atoms with Gasteiger partial charge in [0.1, 0.15) is 15.8 Å². The van der Waals surface area contributed by atoms with Gasteiger partial charge in [-0.05, 0) is 34.9 Å². The molecule has 1 saturated carbocycles. The van der Waals surface area contributed by atoms with Crippen molar-refractivity contribution in [3.63, 3.8) is 0 Å². The van der Waals surface area contributed by atoms with Crippen molar-refractivity contribution in [2.45, 2.75) is 55.9 Å². The number of carbonyl (C=O) groups is 1. The number of benzene rings is 1. The van der Waals surface area contributed by atoms with Crippen LogP contribution < -0.4 is 10.0 Å². The molecule has 1 amide bonds. The molecule has 0 radical (unpaired) electrons. The van der Waals surface area contributed by atoms with Crippen molar-refractivity contribution in [2.24, 2.45) is 5.92 Å². The summed E-state index contributed by atoms with van der Waals surface area (Å²) in [6.45, 7) is 7.55. The summed E-state index contributed by atoms with van der Waals surface area (Å²) in [5.41, 5.74) is -0.272. The molecule has 1 fully saturated rings. The van der Waals surface area contributed by atoms with Gasteiger partial charge < -0.3 is 10.4 Å². The summed E-state index contributed by atoms with van der Waals surface area (Å²) < 4.78 is 41.5. The predicted octanol–water partition coefficient (Wildman–Crippen LogP) is 3.76. The van der Waals surface area contributed by atoms with Crippen molar-refractivity contribution in [1.82, 2.24) is 4.72 Å². The van der Waals surface area contributed by atoms with Crippen molar-refractivity contribution < 1.29 is 22.7 Å². The first-order chi connectivity index (χ1) is 13.5. The zero-order valence-electron chi connectivity index (χ0n) is 16.7. The number of amides is 1. The number of halogens is 1. The molecule has 158 valence electrons. The van der Waals surface area contributed by atoms with Crippen LogP contribution in [-0.4, -0.2) is 25.2 Å². The summed E-state index contributed by atoms with van der Waals surface area (Å²) in [7, 11) is -3.92. The Labute approximate surface area is 174 Å². The number of carbonyl (C=O) groups excluding carboxylic acids is 1. The monoisotopic (exact) mass is 440 g/mol. The van der Waals surface area contributed by atoms with Gasteiger partial charge in [-0.25, -0.2) is 12.8 Å². The van der Waals surface area contributed by atoms with Gasteiger partial charge in [-0.15, -0.1) is 11.3 Å². The third-order valence-corrected chi connectivity index (χ3v) is 7.89. The van der Waals surface area contributed by atoms with Gasteiger partial charge in [-0.2, -0.15) is 4.72 Å². The van der Waals surface area contributed by atoms with E-state index in [1.807, 2.05) is 27.7 Å². The lowest BCUT2D eigenvalue weighted by Crippen LogP contribution is -2.40. The molecule has 6 nitrogen and oxygen atoms in total. The maximum absolute atomic E-state index is 14.5. The van der Waals surface area contributed by atoms with Gasteiger partial charge in [0.25, 0.3) is 10.0 Å². The molecule has 1 aliphatic carbocycles. The highest BCUT2D eigenvalue weighted by Gasteiger charge is 2.60. The van der Waals surface area contributed by atoms with E-state index in [0.717, 1.165) is 16.9 Å². The highest BCUT2D eigenvalue weighted by Crippen LogP contribution is 2.44. The van der Waals surface area contributed by atoms with E-state index in [2.05, 4.69) is 10.0 Å². The molecule has 0 saturated heterocycles. The van der Waals surface area contributed by atoms with E-state index < -0.39 is 33.4 Å². The van der Waals surface area contributed by atoms with Crippen molar-refractivity contribution in [1.29, 1.82) is 0 Å². The second-order valence-corrected chi connectivity index (χ2v) is 10.8. The largest absolute Gasteiger partial charge is 0.374 e. The number of thiophene rings is 1. The van der Waals surface area contributed by atoms with Crippen LogP contribution in [0, 0.1) is 11.7 Å². The SMILES string of the molecule is CC(C)c1ccc(F)c(C(C)C)c1NC(=O)C1CC1(O)NS(=O)(=O)c1cccs1. The smallest absolute Gasteiger partial charge is 0.252 e. The molecule has 29 heavy (non-hydrogen) atoms. The predicted molar refractivity (Wildman–Crippen MR) is 111 cm³/mol. The van der Waals surface area contributed by atoms with Gasteiger partial charge in [-0.3, -0.25) is 4.79 Å². The highest BCUT2D eigenvalue weighted by atomic mass is 32.2. The zero-order valence-corrected chi connectivity index (χ0v) is 18.3. The first kappa shape index (κ1) is 21.9. The van der Waals surface area contributed by atoms with Crippen LogP contribution in [0.2, 0.25) is 0 Å². The quantitative estimate of drug-likeness (QED) is 0.571. The Bertz CT molecular complexity index is 1020. The summed E-state index contributed by atoms with van der Waals surface area (Å²) in [4.78, 5) is 12.8. The minimum atomic E-state index is -3.92. The van der Waals surface area contributed by atoms with Crippen LogP contribution in [0.25, 0.3) is 0 Å². The van der Waals surface area contributed by atoms with Gasteiger partial charge in [0.2, 0.25) is 5.91 Å². The molecule has 3 N–H and O–H groups in total. The van der Waals surface area contributed by atoms with Gasteiger partial charge in [0, 0.05) is 12.0 Å². The molecular weight excluding hydrogens is 415 g/mol. The summed E-state index contributed by atoms with van der Waals surface area (Å²) in [5.74, 6) is -2.04. The van der Waals surface area contributed by atoms with Crippen molar-refractivity contribution in [3.8, 4) is 0 Å². The van der Waals surface area contributed by atoms with Crippen LogP contribution in [0.4, 0.5) is 10.1 Å². The number of hydrogen-bond donors (Lipinski definition) is 3. The molecule has 0 spiro atoms. The van der Waals surface area contributed by atoms with E-state index >= 15 is 0 Å². The summed E-state index contributed by atoms with van der Waals surface area (Å²) in [6, 6.07) is 6.04. The summed E-state index contributed by atoms with van der Waals surface area (Å²) >= 11 is 1.02. The number of aliphatic hydroxyl groups is 1. The second-order valence-electron chi connectivity index (χ2n) is 7.94. The molecule has 3 rings (SSSR count). The molecule has 1 aromatic carbocycles. The molecule has 0 aliphatic heterocycles. The third-order valence-electron chi connectivity index (χ3n) is 4.99. The molecule has 2 atom stereocenters. The maximum atomic E-state index is 14.5. The van der Waals surface area contributed by atoms with Gasteiger partial charge >= 0.3 is 0 Å². The third kappa shape index (κ3) is 4.37. The average Bonchev–Trinajstić information content (AvgIpc) is 3.02. The van der Waals surface area contributed by atoms with E-state index in [-0.39, 0.29) is 22.5 Å². The van der Waals surface area contributed by atoms with Crippen LogP contribution in [-0.2, 0) is 14.8 Å². The Morgan fingerprint density at radius 2 is 1.93 bits per heavy atom. The Hall–Kier alpha value is -1.81. The van der Waals surface area contributed by atoms with Crippen LogP contribution in [0.3, 0.4) is 0 Å². The Kier molecular flexibility index (Phi) is 5.88. The van der Waals surface area contributed by atoms with Crippen molar-refractivity contribution in [2.75, 3.05) is 5.32 Å². The average molecular weight is 441 g/mol. The molecule has 1 heterocycles. The molecule has 1 aliphatic rings. The lowest BCUT2D eigenvalue weighted by molar-refractivity contribution is -0.118. The Morgan fingerprint density at radius 1 is 1.24 bits per heavy atom. The minimum absolute atomic E-state index is 0.0406. The first-order valence-electron chi connectivity index (χ1n) is 9.39. The lowest BCUT2D eigenvalue weighted by atomic mass is 9.92. The van der Waals surface area contributed by atoms with Crippen molar-refractivity contribution >= 4 is 33.0 Å². The van der Waals surface area contributed by atoms with Crippen molar-refractivity contribution in [3.05, 3.63) is 46.6 Å². The van der Waals surface area contributed by atoms with Gasteiger partial charge in [-0.1, -0.05) is 39.8 Å². The molecular formula is C20H25FN2O4S2. The van der Waals surface area contributed by atoms with Crippen LogP contribution in [0.5, 0.6) is 0 Å². The Morgan fingerprint density at radius 3 is 2.48 bits per heavy atom. The lowest BCUT2D eigenvalue weighted by Gasteiger charge is -2.21. The fourth-order valence-corrected chi connectivity index (χ4v) is 5.68. The molecule has 2 aromatic rings. The maximum Gasteiger partial charge on any atom is 0.252 e. The summed E-state index contributed by atoms with van der Waals surface area (Å²) in [5, 5.41) is 14.9. The molecule has 1 aromatic heterocycles. The Balaban J connectivity index is 1.83. The molecule has 2 unspecified atom stereocenters. The molecule has 0 bridgehead atoms. The number of nitrogens with one attached hydrogen (secondary N) is 2. The number of anilines is 1. The highest BCUT2D eigenvalue weighted by molar-refractivity contribution is 7.91. The summed E-state index contributed by atoms with van der Waals surface area (Å²) in [6.07, 6.45) is -0.0488. The number of rotatable bonds is 7. The van der Waals surface area contributed by atoms with Gasteiger partial charge in [0.15, 0.2) is 0 Å². The fraction of sp³-hybridized carbons (Fsp3) is 0.450. The van der Waals surface area contributed by atoms with E-state index in [9.17, 15) is 22.7 Å². The van der Waals surface area contributed by atoms with E-state index in [4.69, 9.17) is 0 Å². The van der Waals surface area contributed by atoms with Crippen LogP contribution in [0.15, 0.2) is 33.9 Å². The van der Waals surface area contributed by atoms with E-state index in [1.54, 1.807) is 17.5 Å². The van der Waals surface area contributed by atoms with Crippen LogP contribution >= 0.6 is 11.3 Å². The van der Waals surface area contributed by atoms with Crippen LogP contribution in [0.1, 0.15) is 57.1 Å². The molecule has 9 heteroatoms. The standard InChI is InChI=1S/C20H25FN2O4S2/c1-11(2)13-7-8-15(21)17(12(3)4)18(13)22-19(24)14-10-20(14,25)23-29(26,27)16-6-5-9-28-16/h5-9,11-12,14,23,25H,10H2,1-4H3,(H,22,24). The van der Waals surface area contributed by atoms with E-state index in [0.29, 0.717) is 11.3 Å². The zero-order chi connectivity index (χ0) is 21.6. The number of sulfonamides is 1. The number of hydrogen-bond acceptors (Lipinski definition) is 5. The minimum Gasteiger partial charge on any atom is -0.374 e. The normalized spacial score (nSPS) is 21.6. The topological polar surface area (TPSA) is 95.5 Å². The fourth-order valence-electron chi connectivity index (χ4n) is 3.38. The van der Waals surface area contributed by atoms with E-state index in [1.165, 1.54) is 12.1 Å². The van der Waals surface area contributed by atoms with Gasteiger partial charge in [0.05, 0.1) is 11.6 Å². The second kappa shape index (κ2) is 7.79. The first-order valence-corrected chi connectivity index (χ1v) is 11.8.